The third kappa shape index (κ3) is 3.17. The fourth-order valence-electron chi connectivity index (χ4n) is 4.51. The van der Waals surface area contributed by atoms with Crippen molar-refractivity contribution in [3.63, 3.8) is 0 Å². The molecule has 156 valence electrons. The quantitative estimate of drug-likeness (QED) is 0.800. The molecule has 1 aromatic carbocycles. The first kappa shape index (κ1) is 18.9. The number of carbonyl (C=O) groups is 2. The monoisotopic (exact) mass is 409 g/mol. The van der Waals surface area contributed by atoms with Gasteiger partial charge in [0.1, 0.15) is 17.7 Å². The molecule has 5 rings (SSSR count). The Hall–Kier alpha value is -3.13. The van der Waals surface area contributed by atoms with Crippen LogP contribution in [0.1, 0.15) is 55.9 Å². The van der Waals surface area contributed by atoms with E-state index in [-0.39, 0.29) is 29.7 Å². The highest BCUT2D eigenvalue weighted by molar-refractivity contribution is 6.08. The zero-order valence-corrected chi connectivity index (χ0v) is 16.7. The number of fused-ring (bicyclic) bond motifs is 2. The summed E-state index contributed by atoms with van der Waals surface area (Å²) in [6, 6.07) is 6.12. The van der Waals surface area contributed by atoms with Gasteiger partial charge in [-0.2, -0.15) is 0 Å². The molecule has 1 saturated heterocycles. The fraction of sp³-hybridized carbons (Fsp3) is 0.409. The number of nitrogens with one attached hydrogen (secondary N) is 1. The number of amides is 1. The van der Waals surface area contributed by atoms with Gasteiger partial charge in [0.25, 0.3) is 5.91 Å². The van der Waals surface area contributed by atoms with E-state index in [2.05, 4.69) is 27.3 Å². The lowest BCUT2D eigenvalue weighted by Crippen LogP contribution is -2.39. The normalized spacial score (nSPS) is 18.2. The van der Waals surface area contributed by atoms with E-state index in [1.165, 1.54) is 11.1 Å². The van der Waals surface area contributed by atoms with Gasteiger partial charge < -0.3 is 24.8 Å². The van der Waals surface area contributed by atoms with Gasteiger partial charge in [0, 0.05) is 31.5 Å². The largest absolute Gasteiger partial charge is 0.490 e. The minimum absolute atomic E-state index is 0.0590. The molecule has 0 radical (unpaired) electrons. The van der Waals surface area contributed by atoms with E-state index >= 15 is 0 Å². The van der Waals surface area contributed by atoms with Crippen molar-refractivity contribution < 1.29 is 24.2 Å². The summed E-state index contributed by atoms with van der Waals surface area (Å²) in [5, 5.41) is 12.4. The van der Waals surface area contributed by atoms with Gasteiger partial charge in [-0.25, -0.2) is 9.78 Å². The van der Waals surface area contributed by atoms with Gasteiger partial charge in [-0.05, 0) is 30.2 Å². The van der Waals surface area contributed by atoms with Crippen LogP contribution >= 0.6 is 0 Å². The lowest BCUT2D eigenvalue weighted by Gasteiger charge is -2.34. The van der Waals surface area contributed by atoms with Gasteiger partial charge in [-0.3, -0.25) is 4.79 Å². The molecule has 3 aliphatic heterocycles. The Kier molecular flexibility index (Phi) is 4.58. The van der Waals surface area contributed by atoms with Crippen LogP contribution in [0.2, 0.25) is 0 Å². The van der Waals surface area contributed by atoms with Gasteiger partial charge in [-0.1, -0.05) is 6.07 Å². The Bertz CT molecular complexity index is 1040. The molecule has 0 aliphatic carbocycles. The summed E-state index contributed by atoms with van der Waals surface area (Å²) < 4.78 is 11.7. The van der Waals surface area contributed by atoms with Crippen molar-refractivity contribution in [3.05, 3.63) is 51.7 Å². The van der Waals surface area contributed by atoms with E-state index in [9.17, 15) is 14.7 Å². The van der Waals surface area contributed by atoms with E-state index in [1.54, 1.807) is 6.92 Å². The van der Waals surface area contributed by atoms with E-state index in [0.29, 0.717) is 43.4 Å². The van der Waals surface area contributed by atoms with Gasteiger partial charge in [-0.15, -0.1) is 0 Å². The highest BCUT2D eigenvalue weighted by Crippen LogP contribution is 2.32. The summed E-state index contributed by atoms with van der Waals surface area (Å²) in [5.41, 5.74) is 3.71. The molecule has 3 aliphatic rings. The number of rotatable bonds is 4. The molecule has 4 heterocycles. The van der Waals surface area contributed by atoms with Gasteiger partial charge in [0.15, 0.2) is 0 Å². The predicted octanol–water partition coefficient (Wildman–Crippen LogP) is 2.41. The maximum atomic E-state index is 12.1. The van der Waals surface area contributed by atoms with Gasteiger partial charge in [0.2, 0.25) is 0 Å². The molecule has 1 amide bonds. The maximum Gasteiger partial charge on any atom is 0.336 e. The van der Waals surface area contributed by atoms with Crippen LogP contribution in [0.5, 0.6) is 5.75 Å². The number of aromatic nitrogens is 1. The average Bonchev–Trinajstić information content (AvgIpc) is 3.34. The Morgan fingerprint density at radius 3 is 2.80 bits per heavy atom. The second-order valence-electron chi connectivity index (χ2n) is 7.97. The summed E-state index contributed by atoms with van der Waals surface area (Å²) in [5.74, 6) is 0.0535. The SMILES string of the molecule is Cc1c(N2CCC(Oc3ccc4c(c3)COC4)CC2)nc2c(c1C(=O)O)C(=O)NC2. The van der Waals surface area contributed by atoms with Crippen molar-refractivity contribution in [2.45, 2.75) is 45.6 Å². The third-order valence-corrected chi connectivity index (χ3v) is 6.08. The number of hydrogen-bond acceptors (Lipinski definition) is 6. The van der Waals surface area contributed by atoms with Crippen molar-refractivity contribution in [1.29, 1.82) is 0 Å². The third-order valence-electron chi connectivity index (χ3n) is 6.08. The van der Waals surface area contributed by atoms with E-state index in [4.69, 9.17) is 9.47 Å². The lowest BCUT2D eigenvalue weighted by molar-refractivity contribution is 0.0690. The summed E-state index contributed by atoms with van der Waals surface area (Å²) in [6.07, 6.45) is 1.72. The Balaban J connectivity index is 1.32. The fourth-order valence-corrected chi connectivity index (χ4v) is 4.51. The first-order chi connectivity index (χ1) is 14.5. The molecular weight excluding hydrogens is 386 g/mol. The first-order valence-corrected chi connectivity index (χ1v) is 10.2. The second kappa shape index (κ2) is 7.28. The number of carboxylic acid groups (broad SMARTS) is 1. The number of nitrogens with zero attached hydrogens (tertiary/aromatic N) is 2. The maximum absolute atomic E-state index is 12.1. The van der Waals surface area contributed by atoms with Crippen molar-refractivity contribution >= 4 is 17.7 Å². The second-order valence-corrected chi connectivity index (χ2v) is 7.97. The molecule has 0 spiro atoms. The Labute approximate surface area is 173 Å². The van der Waals surface area contributed by atoms with Crippen LogP contribution in [0.25, 0.3) is 0 Å². The summed E-state index contributed by atoms with van der Waals surface area (Å²) in [7, 11) is 0. The summed E-state index contributed by atoms with van der Waals surface area (Å²) in [6.45, 7) is 4.73. The molecule has 8 heteroatoms. The number of carboxylic acids is 1. The van der Waals surface area contributed by atoms with Crippen LogP contribution in [-0.4, -0.2) is 41.2 Å². The molecule has 8 nitrogen and oxygen atoms in total. The summed E-state index contributed by atoms with van der Waals surface area (Å²) in [4.78, 5) is 30.6. The van der Waals surface area contributed by atoms with E-state index in [0.717, 1.165) is 18.6 Å². The molecule has 0 saturated carbocycles. The number of pyridine rings is 1. The lowest BCUT2D eigenvalue weighted by atomic mass is 10.00. The molecule has 0 atom stereocenters. The number of hydrogen-bond donors (Lipinski definition) is 2. The number of ether oxygens (including phenoxy) is 2. The van der Waals surface area contributed by atoms with Crippen LogP contribution in [0.3, 0.4) is 0 Å². The molecular formula is C22H23N3O5. The van der Waals surface area contributed by atoms with Crippen molar-refractivity contribution in [2.75, 3.05) is 18.0 Å². The highest BCUT2D eigenvalue weighted by atomic mass is 16.5. The Morgan fingerprint density at radius 2 is 2.03 bits per heavy atom. The number of piperidine rings is 1. The van der Waals surface area contributed by atoms with Crippen LogP contribution in [-0.2, 0) is 24.5 Å². The minimum Gasteiger partial charge on any atom is -0.490 e. The highest BCUT2D eigenvalue weighted by Gasteiger charge is 2.33. The van der Waals surface area contributed by atoms with Crippen LogP contribution in [0, 0.1) is 6.92 Å². The number of anilines is 1. The molecule has 0 unspecified atom stereocenters. The van der Waals surface area contributed by atoms with Gasteiger partial charge >= 0.3 is 5.97 Å². The minimum atomic E-state index is -1.09. The zero-order valence-electron chi connectivity index (χ0n) is 16.7. The average molecular weight is 409 g/mol. The molecule has 30 heavy (non-hydrogen) atoms. The smallest absolute Gasteiger partial charge is 0.336 e. The zero-order chi connectivity index (χ0) is 20.8. The number of aromatic carboxylic acids is 1. The van der Waals surface area contributed by atoms with Crippen molar-refractivity contribution in [1.82, 2.24) is 10.3 Å². The van der Waals surface area contributed by atoms with Crippen LogP contribution < -0.4 is 15.0 Å². The van der Waals surface area contributed by atoms with Crippen molar-refractivity contribution in [2.24, 2.45) is 0 Å². The Morgan fingerprint density at radius 1 is 1.27 bits per heavy atom. The van der Waals surface area contributed by atoms with E-state index < -0.39 is 5.97 Å². The predicted molar refractivity (Wildman–Crippen MR) is 108 cm³/mol. The van der Waals surface area contributed by atoms with Crippen LogP contribution in [0.4, 0.5) is 5.82 Å². The molecule has 2 aromatic rings. The van der Waals surface area contributed by atoms with Gasteiger partial charge in [0.05, 0.1) is 36.6 Å². The molecule has 1 aromatic heterocycles. The molecule has 1 fully saturated rings. The van der Waals surface area contributed by atoms with Crippen molar-refractivity contribution in [3.8, 4) is 5.75 Å². The summed E-state index contributed by atoms with van der Waals surface area (Å²) >= 11 is 0. The van der Waals surface area contributed by atoms with E-state index in [1.807, 2.05) is 6.07 Å². The number of benzene rings is 1. The molecule has 2 N–H and O–H groups in total. The molecule has 0 bridgehead atoms. The first-order valence-electron chi connectivity index (χ1n) is 10.2. The topological polar surface area (TPSA) is 101 Å². The standard InChI is InChI=1S/C22H23N3O5/c1-12-18(22(27)28)19-17(9-23-21(19)26)24-20(12)25-6-4-15(5-7-25)30-16-3-2-13-10-29-11-14(13)8-16/h2-3,8,15H,4-7,9-11H2,1H3,(H,23,26)(H,27,28). The number of carbonyl (C=O) groups excluding carboxylic acids is 1. The van der Waals surface area contributed by atoms with Crippen LogP contribution in [0.15, 0.2) is 18.2 Å².